The Morgan fingerprint density at radius 1 is 1.28 bits per heavy atom. The van der Waals surface area contributed by atoms with Gasteiger partial charge in [0.2, 0.25) is 11.0 Å². The summed E-state index contributed by atoms with van der Waals surface area (Å²) in [6.45, 7) is 2.06. The molecule has 2 fully saturated rings. The van der Waals surface area contributed by atoms with Gasteiger partial charge in [0, 0.05) is 11.7 Å². The minimum Gasteiger partial charge on any atom is -0.352 e. The van der Waals surface area contributed by atoms with Crippen LogP contribution in [0.15, 0.2) is 28.6 Å². The van der Waals surface area contributed by atoms with Crippen molar-refractivity contribution in [1.82, 2.24) is 15.5 Å². The van der Waals surface area contributed by atoms with Gasteiger partial charge < -0.3 is 10.6 Å². The van der Waals surface area contributed by atoms with E-state index in [9.17, 15) is 4.79 Å². The van der Waals surface area contributed by atoms with E-state index in [0.717, 1.165) is 27.0 Å². The standard InChI is InChI=1S/C18H22N4OS2/c1-11-3-2-4-14(9-11)19-17-21-22-18(25-17)24-10-15(23)20-16(12-5-6-12)13-7-8-13/h2-4,9,12-13,16H,5-8,10H2,1H3,(H,19,21)(H,20,23). The summed E-state index contributed by atoms with van der Waals surface area (Å²) in [6, 6.07) is 8.56. The Bertz CT molecular complexity index is 743. The average molecular weight is 375 g/mol. The molecule has 0 saturated heterocycles. The summed E-state index contributed by atoms with van der Waals surface area (Å²) in [4.78, 5) is 12.2. The third kappa shape index (κ3) is 4.73. The fraction of sp³-hybridized carbons (Fsp3) is 0.500. The fourth-order valence-electron chi connectivity index (χ4n) is 3.05. The smallest absolute Gasteiger partial charge is 0.230 e. The lowest BCUT2D eigenvalue weighted by Gasteiger charge is -2.17. The molecule has 2 N–H and O–H groups in total. The number of thioether (sulfide) groups is 1. The van der Waals surface area contributed by atoms with Crippen molar-refractivity contribution in [3.63, 3.8) is 0 Å². The number of aromatic nitrogens is 2. The summed E-state index contributed by atoms with van der Waals surface area (Å²) in [5, 5.41) is 15.6. The van der Waals surface area contributed by atoms with Crippen LogP contribution in [0.1, 0.15) is 31.2 Å². The molecule has 25 heavy (non-hydrogen) atoms. The summed E-state index contributed by atoms with van der Waals surface area (Å²) in [7, 11) is 0. The van der Waals surface area contributed by atoms with E-state index in [1.54, 1.807) is 0 Å². The lowest BCUT2D eigenvalue weighted by atomic mass is 10.1. The van der Waals surface area contributed by atoms with Gasteiger partial charge in [-0.25, -0.2) is 0 Å². The van der Waals surface area contributed by atoms with E-state index >= 15 is 0 Å². The van der Waals surface area contributed by atoms with E-state index in [0.29, 0.717) is 11.8 Å². The van der Waals surface area contributed by atoms with Crippen molar-refractivity contribution in [2.24, 2.45) is 11.8 Å². The van der Waals surface area contributed by atoms with Gasteiger partial charge in [0.15, 0.2) is 4.34 Å². The number of nitrogens with zero attached hydrogens (tertiary/aromatic N) is 2. The predicted molar refractivity (Wildman–Crippen MR) is 102 cm³/mol. The second-order valence-corrected chi connectivity index (χ2v) is 9.12. The maximum Gasteiger partial charge on any atom is 0.230 e. The van der Waals surface area contributed by atoms with Gasteiger partial charge in [0.05, 0.1) is 5.75 Å². The first-order valence-corrected chi connectivity index (χ1v) is 10.6. The number of hydrogen-bond acceptors (Lipinski definition) is 6. The van der Waals surface area contributed by atoms with Crippen LogP contribution in [0.4, 0.5) is 10.8 Å². The van der Waals surface area contributed by atoms with Crippen molar-refractivity contribution in [2.45, 2.75) is 43.0 Å². The molecule has 2 aromatic rings. The zero-order valence-electron chi connectivity index (χ0n) is 14.2. The van der Waals surface area contributed by atoms with Gasteiger partial charge in [-0.05, 0) is 62.1 Å². The van der Waals surface area contributed by atoms with Gasteiger partial charge in [-0.15, -0.1) is 10.2 Å². The van der Waals surface area contributed by atoms with Gasteiger partial charge in [0.25, 0.3) is 0 Å². The molecule has 5 nitrogen and oxygen atoms in total. The highest BCUT2D eigenvalue weighted by atomic mass is 32.2. The van der Waals surface area contributed by atoms with E-state index in [-0.39, 0.29) is 5.91 Å². The second-order valence-electron chi connectivity index (χ2n) is 6.92. The molecule has 0 aliphatic heterocycles. The Hall–Kier alpha value is -1.60. The summed E-state index contributed by atoms with van der Waals surface area (Å²) >= 11 is 2.94. The maximum atomic E-state index is 12.2. The quantitative estimate of drug-likeness (QED) is 0.684. The van der Waals surface area contributed by atoms with E-state index in [2.05, 4.69) is 39.9 Å². The summed E-state index contributed by atoms with van der Waals surface area (Å²) < 4.78 is 0.819. The number of aryl methyl sites for hydroxylation is 1. The van der Waals surface area contributed by atoms with Crippen LogP contribution in [-0.2, 0) is 4.79 Å². The maximum absolute atomic E-state index is 12.2. The number of amides is 1. The van der Waals surface area contributed by atoms with Gasteiger partial charge in [-0.2, -0.15) is 0 Å². The number of anilines is 2. The molecule has 132 valence electrons. The number of carbonyl (C=O) groups is 1. The molecule has 1 aromatic carbocycles. The number of rotatable bonds is 8. The van der Waals surface area contributed by atoms with E-state index in [1.165, 1.54) is 54.3 Å². The minimum atomic E-state index is 0.122. The van der Waals surface area contributed by atoms with Gasteiger partial charge in [0.1, 0.15) is 0 Å². The first-order valence-electron chi connectivity index (χ1n) is 8.77. The third-order valence-corrected chi connectivity index (χ3v) is 6.56. The van der Waals surface area contributed by atoms with Crippen molar-refractivity contribution in [3.8, 4) is 0 Å². The molecule has 0 unspecified atom stereocenters. The van der Waals surface area contributed by atoms with Crippen LogP contribution in [0.3, 0.4) is 0 Å². The van der Waals surface area contributed by atoms with Crippen molar-refractivity contribution >= 4 is 39.8 Å². The zero-order valence-corrected chi connectivity index (χ0v) is 15.8. The predicted octanol–water partition coefficient (Wildman–Crippen LogP) is 3.99. The molecule has 2 aliphatic carbocycles. The van der Waals surface area contributed by atoms with Crippen LogP contribution in [0.5, 0.6) is 0 Å². The van der Waals surface area contributed by atoms with Crippen molar-refractivity contribution in [3.05, 3.63) is 29.8 Å². The van der Waals surface area contributed by atoms with Crippen LogP contribution >= 0.6 is 23.1 Å². The van der Waals surface area contributed by atoms with Crippen LogP contribution in [-0.4, -0.2) is 27.9 Å². The Morgan fingerprint density at radius 2 is 2.04 bits per heavy atom. The summed E-state index contributed by atoms with van der Waals surface area (Å²) in [5.74, 6) is 1.99. The number of benzene rings is 1. The van der Waals surface area contributed by atoms with Gasteiger partial charge in [-0.3, -0.25) is 4.79 Å². The highest BCUT2D eigenvalue weighted by molar-refractivity contribution is 8.01. The SMILES string of the molecule is Cc1cccc(Nc2nnc(SCC(=O)NC(C3CC3)C3CC3)s2)c1. The molecule has 1 aromatic heterocycles. The molecular weight excluding hydrogens is 352 g/mol. The first-order chi connectivity index (χ1) is 12.2. The lowest BCUT2D eigenvalue weighted by Crippen LogP contribution is -2.39. The Kier molecular flexibility index (Phi) is 4.94. The summed E-state index contributed by atoms with van der Waals surface area (Å²) in [5.41, 5.74) is 2.20. The lowest BCUT2D eigenvalue weighted by molar-refractivity contribution is -0.119. The van der Waals surface area contributed by atoms with E-state index in [4.69, 9.17) is 0 Å². The molecule has 1 heterocycles. The molecule has 1 amide bonds. The molecule has 0 spiro atoms. The molecule has 0 radical (unpaired) electrons. The van der Waals surface area contributed by atoms with Crippen LogP contribution in [0.2, 0.25) is 0 Å². The summed E-state index contributed by atoms with van der Waals surface area (Å²) in [6.07, 6.45) is 5.11. The highest BCUT2D eigenvalue weighted by Gasteiger charge is 2.42. The Balaban J connectivity index is 1.27. The molecule has 4 rings (SSSR count). The first kappa shape index (κ1) is 16.8. The van der Waals surface area contributed by atoms with E-state index in [1.807, 2.05) is 12.1 Å². The fourth-order valence-corrected chi connectivity index (χ4v) is 4.63. The van der Waals surface area contributed by atoms with Crippen molar-refractivity contribution in [2.75, 3.05) is 11.1 Å². The minimum absolute atomic E-state index is 0.122. The number of carbonyl (C=O) groups excluding carboxylic acids is 1. The topological polar surface area (TPSA) is 66.9 Å². The van der Waals surface area contributed by atoms with Gasteiger partial charge in [-0.1, -0.05) is 35.2 Å². The molecular formula is C18H22N4OS2. The van der Waals surface area contributed by atoms with Crippen molar-refractivity contribution < 1.29 is 4.79 Å². The largest absolute Gasteiger partial charge is 0.352 e. The normalized spacial score (nSPS) is 16.9. The van der Waals surface area contributed by atoms with Crippen LogP contribution < -0.4 is 10.6 Å². The van der Waals surface area contributed by atoms with Crippen LogP contribution in [0.25, 0.3) is 0 Å². The molecule has 0 atom stereocenters. The Morgan fingerprint density at radius 3 is 2.72 bits per heavy atom. The van der Waals surface area contributed by atoms with Gasteiger partial charge >= 0.3 is 0 Å². The monoisotopic (exact) mass is 374 g/mol. The van der Waals surface area contributed by atoms with Crippen molar-refractivity contribution in [1.29, 1.82) is 0 Å². The number of nitrogens with one attached hydrogen (secondary N) is 2. The molecule has 0 bridgehead atoms. The van der Waals surface area contributed by atoms with E-state index < -0.39 is 0 Å². The second kappa shape index (κ2) is 7.33. The molecule has 7 heteroatoms. The molecule has 2 aliphatic rings. The Labute approximate surface area is 156 Å². The third-order valence-electron chi connectivity index (χ3n) is 4.59. The molecule has 2 saturated carbocycles. The van der Waals surface area contributed by atoms with Crippen LogP contribution in [0, 0.1) is 18.8 Å². The highest BCUT2D eigenvalue weighted by Crippen LogP contribution is 2.44. The number of hydrogen-bond donors (Lipinski definition) is 2. The zero-order chi connectivity index (χ0) is 17.2. The average Bonchev–Trinajstić information content (AvgIpc) is 3.50.